The van der Waals surface area contributed by atoms with Crippen molar-refractivity contribution in [2.24, 2.45) is 5.73 Å². The molecule has 3 heteroatoms. The van der Waals surface area contributed by atoms with Crippen LogP contribution in [0.4, 0.5) is 4.39 Å². The van der Waals surface area contributed by atoms with Crippen molar-refractivity contribution in [2.75, 3.05) is 0 Å². The number of nitrogens with two attached hydrogens (primary N) is 1. The van der Waals surface area contributed by atoms with Gasteiger partial charge in [0.25, 0.3) is 0 Å². The van der Waals surface area contributed by atoms with Crippen LogP contribution < -0.4 is 10.5 Å². The summed E-state index contributed by atoms with van der Waals surface area (Å²) in [5, 5.41) is 0. The second kappa shape index (κ2) is 5.65. The number of hydrogen-bond donors (Lipinski definition) is 1. The highest BCUT2D eigenvalue weighted by Gasteiger charge is 2.13. The predicted molar refractivity (Wildman–Crippen MR) is 69.8 cm³/mol. The Hall–Kier alpha value is -1.87. The lowest BCUT2D eigenvalue weighted by Crippen LogP contribution is -2.10. The fourth-order valence-corrected chi connectivity index (χ4v) is 1.82. The molecule has 94 valence electrons. The van der Waals surface area contributed by atoms with Crippen molar-refractivity contribution in [3.8, 4) is 5.75 Å². The average molecular weight is 245 g/mol. The molecule has 0 aliphatic heterocycles. The van der Waals surface area contributed by atoms with Crippen molar-refractivity contribution in [3.63, 3.8) is 0 Å². The Labute approximate surface area is 106 Å². The van der Waals surface area contributed by atoms with E-state index in [1.54, 1.807) is 19.1 Å². The van der Waals surface area contributed by atoms with Crippen LogP contribution in [0.3, 0.4) is 0 Å². The zero-order valence-corrected chi connectivity index (χ0v) is 10.3. The largest absolute Gasteiger partial charge is 0.488 e. The standard InChI is InChI=1S/C15H16FNO/c1-11(17)15-13(16)8-5-9-14(15)18-10-12-6-3-2-4-7-12/h2-9,11H,10,17H2,1H3. The first-order chi connectivity index (χ1) is 8.68. The quantitative estimate of drug-likeness (QED) is 0.895. The number of ether oxygens (including phenoxy) is 1. The van der Waals surface area contributed by atoms with Gasteiger partial charge >= 0.3 is 0 Å². The van der Waals surface area contributed by atoms with Gasteiger partial charge in [0.1, 0.15) is 18.2 Å². The van der Waals surface area contributed by atoms with Gasteiger partial charge < -0.3 is 10.5 Å². The molecule has 0 heterocycles. The normalized spacial score (nSPS) is 12.2. The maximum atomic E-state index is 13.7. The summed E-state index contributed by atoms with van der Waals surface area (Å²) in [6.45, 7) is 2.15. The first-order valence-electron chi connectivity index (χ1n) is 5.89. The molecule has 2 nitrogen and oxygen atoms in total. The van der Waals surface area contributed by atoms with Crippen molar-refractivity contribution in [3.05, 3.63) is 65.5 Å². The summed E-state index contributed by atoms with van der Waals surface area (Å²) in [6, 6.07) is 14.1. The van der Waals surface area contributed by atoms with Gasteiger partial charge in [-0.1, -0.05) is 36.4 Å². The van der Waals surface area contributed by atoms with Gasteiger partial charge in [0, 0.05) is 11.6 Å². The number of rotatable bonds is 4. The summed E-state index contributed by atoms with van der Waals surface area (Å²) in [5.41, 5.74) is 7.23. The Kier molecular flexibility index (Phi) is 3.95. The van der Waals surface area contributed by atoms with Crippen molar-refractivity contribution in [1.82, 2.24) is 0 Å². The van der Waals surface area contributed by atoms with Gasteiger partial charge in [-0.2, -0.15) is 0 Å². The molecule has 2 rings (SSSR count). The van der Waals surface area contributed by atoms with Crippen molar-refractivity contribution >= 4 is 0 Å². The molecule has 0 saturated heterocycles. The average Bonchev–Trinajstić information content (AvgIpc) is 2.37. The lowest BCUT2D eigenvalue weighted by atomic mass is 10.1. The molecule has 0 aromatic heterocycles. The van der Waals surface area contributed by atoms with Crippen LogP contribution in [-0.2, 0) is 6.61 Å². The second-order valence-corrected chi connectivity index (χ2v) is 4.21. The molecule has 0 bridgehead atoms. The minimum atomic E-state index is -0.392. The van der Waals surface area contributed by atoms with Gasteiger partial charge in [-0.25, -0.2) is 4.39 Å². The van der Waals surface area contributed by atoms with Crippen LogP contribution in [-0.4, -0.2) is 0 Å². The van der Waals surface area contributed by atoms with E-state index in [1.807, 2.05) is 30.3 Å². The van der Waals surface area contributed by atoms with Crippen molar-refractivity contribution in [1.29, 1.82) is 0 Å². The highest BCUT2D eigenvalue weighted by atomic mass is 19.1. The summed E-state index contributed by atoms with van der Waals surface area (Å²) < 4.78 is 19.3. The van der Waals surface area contributed by atoms with Crippen LogP contribution in [0.15, 0.2) is 48.5 Å². The highest BCUT2D eigenvalue weighted by Crippen LogP contribution is 2.27. The molecule has 0 fully saturated rings. The van der Waals surface area contributed by atoms with Gasteiger partial charge in [-0.05, 0) is 24.6 Å². The molecule has 0 aliphatic rings. The van der Waals surface area contributed by atoms with E-state index in [1.165, 1.54) is 6.07 Å². The predicted octanol–water partition coefficient (Wildman–Crippen LogP) is 3.42. The Bertz CT molecular complexity index is 511. The molecule has 0 spiro atoms. The van der Waals surface area contributed by atoms with Gasteiger partial charge in [0.05, 0.1) is 0 Å². The minimum Gasteiger partial charge on any atom is -0.488 e. The molecule has 2 N–H and O–H groups in total. The van der Waals surface area contributed by atoms with E-state index in [0.717, 1.165) is 5.56 Å². The van der Waals surface area contributed by atoms with E-state index in [2.05, 4.69) is 0 Å². The van der Waals surface area contributed by atoms with Crippen LogP contribution in [0.5, 0.6) is 5.75 Å². The maximum Gasteiger partial charge on any atom is 0.131 e. The first-order valence-corrected chi connectivity index (χ1v) is 5.89. The summed E-state index contributed by atoms with van der Waals surface area (Å²) in [5.74, 6) is 0.185. The van der Waals surface area contributed by atoms with E-state index in [0.29, 0.717) is 17.9 Å². The van der Waals surface area contributed by atoms with Crippen LogP contribution in [0.25, 0.3) is 0 Å². The van der Waals surface area contributed by atoms with Crippen LogP contribution in [0.1, 0.15) is 24.1 Å². The molecular weight excluding hydrogens is 229 g/mol. The third kappa shape index (κ3) is 2.87. The van der Waals surface area contributed by atoms with E-state index in [-0.39, 0.29) is 5.82 Å². The number of benzene rings is 2. The summed E-state index contributed by atoms with van der Waals surface area (Å²) in [7, 11) is 0. The van der Waals surface area contributed by atoms with Crippen LogP contribution in [0, 0.1) is 5.82 Å². The van der Waals surface area contributed by atoms with Gasteiger partial charge in [-0.3, -0.25) is 0 Å². The van der Waals surface area contributed by atoms with E-state index in [9.17, 15) is 4.39 Å². The minimum absolute atomic E-state index is 0.324. The molecular formula is C15H16FNO. The van der Waals surface area contributed by atoms with Gasteiger partial charge in [-0.15, -0.1) is 0 Å². The lowest BCUT2D eigenvalue weighted by molar-refractivity contribution is 0.299. The summed E-state index contributed by atoms with van der Waals surface area (Å²) in [6.07, 6.45) is 0. The van der Waals surface area contributed by atoms with E-state index in [4.69, 9.17) is 10.5 Å². The zero-order chi connectivity index (χ0) is 13.0. The molecule has 18 heavy (non-hydrogen) atoms. The molecule has 0 saturated carbocycles. The van der Waals surface area contributed by atoms with E-state index < -0.39 is 6.04 Å². The smallest absolute Gasteiger partial charge is 0.131 e. The molecule has 0 amide bonds. The lowest BCUT2D eigenvalue weighted by Gasteiger charge is -2.14. The fraction of sp³-hybridized carbons (Fsp3) is 0.200. The number of halogens is 1. The second-order valence-electron chi connectivity index (χ2n) is 4.21. The fourth-order valence-electron chi connectivity index (χ4n) is 1.82. The SMILES string of the molecule is CC(N)c1c(F)cccc1OCc1ccccc1. The Morgan fingerprint density at radius 1 is 1.11 bits per heavy atom. The summed E-state index contributed by atoms with van der Waals surface area (Å²) >= 11 is 0. The van der Waals surface area contributed by atoms with Crippen LogP contribution in [0.2, 0.25) is 0 Å². The van der Waals surface area contributed by atoms with Crippen molar-refractivity contribution in [2.45, 2.75) is 19.6 Å². The zero-order valence-electron chi connectivity index (χ0n) is 10.3. The van der Waals surface area contributed by atoms with Gasteiger partial charge in [0.2, 0.25) is 0 Å². The van der Waals surface area contributed by atoms with Crippen molar-refractivity contribution < 1.29 is 9.13 Å². The van der Waals surface area contributed by atoms with Gasteiger partial charge in [0.15, 0.2) is 0 Å². The molecule has 1 unspecified atom stereocenters. The Balaban J connectivity index is 2.17. The molecule has 2 aromatic rings. The highest BCUT2D eigenvalue weighted by molar-refractivity contribution is 5.37. The monoisotopic (exact) mass is 245 g/mol. The van der Waals surface area contributed by atoms with Crippen LogP contribution >= 0.6 is 0 Å². The molecule has 0 aliphatic carbocycles. The summed E-state index contributed by atoms with van der Waals surface area (Å²) in [4.78, 5) is 0. The van der Waals surface area contributed by atoms with E-state index >= 15 is 0 Å². The first kappa shape index (κ1) is 12.6. The molecule has 0 radical (unpaired) electrons. The Morgan fingerprint density at radius 2 is 1.83 bits per heavy atom. The number of hydrogen-bond acceptors (Lipinski definition) is 2. The third-order valence-corrected chi connectivity index (χ3v) is 2.71. The Morgan fingerprint density at radius 3 is 2.50 bits per heavy atom. The molecule has 1 atom stereocenters. The molecule has 2 aromatic carbocycles. The third-order valence-electron chi connectivity index (χ3n) is 2.71. The maximum absolute atomic E-state index is 13.7. The topological polar surface area (TPSA) is 35.2 Å².